The zero-order chi connectivity index (χ0) is 22.8. The van der Waals surface area contributed by atoms with Crippen LogP contribution in [-0.4, -0.2) is 31.8 Å². The number of halogens is 2. The van der Waals surface area contributed by atoms with Crippen molar-refractivity contribution in [3.05, 3.63) is 29.0 Å². The number of nitrogens with two attached hydrogens (primary N) is 1. The molecule has 5 aliphatic rings. The second-order valence-corrected chi connectivity index (χ2v) is 11.4. The molecule has 174 valence electrons. The summed E-state index contributed by atoms with van der Waals surface area (Å²) in [6, 6.07) is 4.02. The lowest BCUT2D eigenvalue weighted by Gasteiger charge is -2.59. The minimum Gasteiger partial charge on any atom is -0.369 e. The smallest absolute Gasteiger partial charge is 0.247 e. The van der Waals surface area contributed by atoms with Gasteiger partial charge in [0.05, 0.1) is 10.7 Å². The zero-order valence-electron chi connectivity index (χ0n) is 17.6. The summed E-state index contributed by atoms with van der Waals surface area (Å²) >= 11 is 5.89. The first-order valence-electron chi connectivity index (χ1n) is 11.2. The van der Waals surface area contributed by atoms with Crippen molar-refractivity contribution in [2.75, 3.05) is 4.31 Å². The van der Waals surface area contributed by atoms with E-state index in [-0.39, 0.29) is 34.5 Å². The van der Waals surface area contributed by atoms with Crippen molar-refractivity contribution in [1.29, 1.82) is 0 Å². The number of hydrogen-bond donors (Lipinski definition) is 3. The Balaban J connectivity index is 1.43. The molecule has 2 atom stereocenters. The summed E-state index contributed by atoms with van der Waals surface area (Å²) in [7, 11) is -3.28. The van der Waals surface area contributed by atoms with Crippen molar-refractivity contribution in [1.82, 2.24) is 5.32 Å². The predicted octanol–water partition coefficient (Wildman–Crippen LogP) is 2.53. The summed E-state index contributed by atoms with van der Waals surface area (Å²) < 4.78 is 40.2. The van der Waals surface area contributed by atoms with E-state index in [2.05, 4.69) is 5.32 Å². The lowest BCUT2D eigenvalue weighted by atomic mass is 9.47. The van der Waals surface area contributed by atoms with Crippen LogP contribution >= 0.6 is 11.6 Å². The van der Waals surface area contributed by atoms with Crippen LogP contribution in [-0.2, 0) is 20.5 Å². The van der Waals surface area contributed by atoms with Crippen LogP contribution in [0, 0.1) is 29.0 Å². The molecular weight excluding hydrogens is 457 g/mol. The summed E-state index contributed by atoms with van der Waals surface area (Å²) in [6.07, 6.45) is 5.31. The standard InChI is InChI=1S/C22H27ClFN3O4S/c23-15-3-1-4-16(17(15)24)27(32(30)31)22(5-2-6-22)20(29)26-18-13-7-12-8-14(18)11-21(9-12,10-13)19(25)28/h1,3-4,12-14,18,32H,2,5-11H2,(H2,25,28)(H,26,29). The molecule has 5 fully saturated rings. The van der Waals surface area contributed by atoms with E-state index in [1.165, 1.54) is 18.2 Å². The first-order chi connectivity index (χ1) is 15.2. The number of carbonyl (C=O) groups excluding carboxylic acids is 2. The van der Waals surface area contributed by atoms with Crippen LogP contribution in [0.1, 0.15) is 51.4 Å². The Labute approximate surface area is 192 Å². The molecular formula is C22H27ClFN3O4S. The second-order valence-electron chi connectivity index (χ2n) is 10.1. The SMILES string of the molecule is NC(=O)C12CC3CC(C1)C(NC(=O)C1(N(c4cccc(Cl)c4F)[SH](=O)=O)CCC1)C(C3)C2. The van der Waals surface area contributed by atoms with Gasteiger partial charge < -0.3 is 11.1 Å². The van der Waals surface area contributed by atoms with E-state index in [0.29, 0.717) is 38.0 Å². The minimum absolute atomic E-state index is 0.125. The molecule has 0 heterocycles. The normalized spacial score (nSPS) is 34.2. The molecule has 10 heteroatoms. The molecule has 5 saturated carbocycles. The Morgan fingerprint density at radius 3 is 2.34 bits per heavy atom. The summed E-state index contributed by atoms with van der Waals surface area (Å²) in [6.45, 7) is 0. The fourth-order valence-electron chi connectivity index (χ4n) is 7.03. The number of hydrogen-bond acceptors (Lipinski definition) is 4. The van der Waals surface area contributed by atoms with Gasteiger partial charge in [0.1, 0.15) is 5.54 Å². The number of nitrogens with one attached hydrogen (secondary N) is 1. The molecule has 32 heavy (non-hydrogen) atoms. The van der Waals surface area contributed by atoms with Crippen LogP contribution < -0.4 is 15.4 Å². The van der Waals surface area contributed by atoms with Gasteiger partial charge in [0, 0.05) is 11.5 Å². The van der Waals surface area contributed by atoms with Crippen molar-refractivity contribution < 1.29 is 22.4 Å². The fourth-order valence-corrected chi connectivity index (χ4v) is 8.13. The topological polar surface area (TPSA) is 110 Å². The monoisotopic (exact) mass is 483 g/mol. The van der Waals surface area contributed by atoms with Crippen LogP contribution in [0.15, 0.2) is 18.2 Å². The van der Waals surface area contributed by atoms with E-state index >= 15 is 0 Å². The maximum Gasteiger partial charge on any atom is 0.247 e. The third-order valence-electron chi connectivity index (χ3n) is 8.43. The van der Waals surface area contributed by atoms with Crippen LogP contribution in [0.3, 0.4) is 0 Å². The number of carbonyl (C=O) groups is 2. The molecule has 3 N–H and O–H groups in total. The quantitative estimate of drug-likeness (QED) is 0.540. The molecule has 5 aliphatic carbocycles. The number of primary amides is 1. The summed E-state index contributed by atoms with van der Waals surface area (Å²) in [5, 5.41) is 2.95. The van der Waals surface area contributed by atoms with Crippen molar-refractivity contribution in [3.8, 4) is 0 Å². The molecule has 0 saturated heterocycles. The summed E-state index contributed by atoms with van der Waals surface area (Å²) in [5.41, 5.74) is 3.71. The average Bonchev–Trinajstić information content (AvgIpc) is 2.69. The third kappa shape index (κ3) is 3.15. The first-order valence-corrected chi connectivity index (χ1v) is 12.7. The van der Waals surface area contributed by atoms with Crippen molar-refractivity contribution in [3.63, 3.8) is 0 Å². The number of thiol groups is 1. The van der Waals surface area contributed by atoms with Crippen molar-refractivity contribution in [2.24, 2.45) is 28.9 Å². The molecule has 2 amide bonds. The Hall–Kier alpha value is -1.87. The lowest BCUT2D eigenvalue weighted by Crippen LogP contribution is -2.68. The fraction of sp³-hybridized carbons (Fsp3) is 0.636. The third-order valence-corrected chi connectivity index (χ3v) is 9.64. The lowest BCUT2D eigenvalue weighted by molar-refractivity contribution is -0.148. The second kappa shape index (κ2) is 7.58. The Morgan fingerprint density at radius 1 is 1.16 bits per heavy atom. The van der Waals surface area contributed by atoms with Gasteiger partial charge in [-0.3, -0.25) is 13.9 Å². The summed E-state index contributed by atoms with van der Waals surface area (Å²) in [4.78, 5) is 25.8. The van der Waals surface area contributed by atoms with E-state index in [1.807, 2.05) is 0 Å². The van der Waals surface area contributed by atoms with Gasteiger partial charge in [-0.25, -0.2) is 12.8 Å². The van der Waals surface area contributed by atoms with Crippen LogP contribution in [0.25, 0.3) is 0 Å². The Morgan fingerprint density at radius 2 is 1.81 bits per heavy atom. The van der Waals surface area contributed by atoms with Crippen molar-refractivity contribution in [2.45, 2.75) is 62.9 Å². The predicted molar refractivity (Wildman–Crippen MR) is 118 cm³/mol. The van der Waals surface area contributed by atoms with Gasteiger partial charge in [0.15, 0.2) is 5.82 Å². The molecule has 7 nitrogen and oxygen atoms in total. The van der Waals surface area contributed by atoms with E-state index in [9.17, 15) is 22.4 Å². The van der Waals surface area contributed by atoms with Gasteiger partial charge in [-0.1, -0.05) is 17.7 Å². The Kier molecular flexibility index (Phi) is 5.20. The highest BCUT2D eigenvalue weighted by molar-refractivity contribution is 7.74. The van der Waals surface area contributed by atoms with E-state index in [1.54, 1.807) is 0 Å². The van der Waals surface area contributed by atoms with Gasteiger partial charge >= 0.3 is 0 Å². The van der Waals surface area contributed by atoms with Crippen LogP contribution in [0.4, 0.5) is 10.1 Å². The molecule has 2 unspecified atom stereocenters. The van der Waals surface area contributed by atoms with Gasteiger partial charge in [0.25, 0.3) is 0 Å². The van der Waals surface area contributed by atoms with E-state index < -0.39 is 33.6 Å². The van der Waals surface area contributed by atoms with Gasteiger partial charge in [-0.15, -0.1) is 0 Å². The number of anilines is 1. The average molecular weight is 484 g/mol. The molecule has 0 spiro atoms. The molecule has 0 radical (unpaired) electrons. The van der Waals surface area contributed by atoms with E-state index in [0.717, 1.165) is 23.6 Å². The van der Waals surface area contributed by atoms with E-state index in [4.69, 9.17) is 17.3 Å². The molecule has 4 bridgehead atoms. The highest BCUT2D eigenvalue weighted by atomic mass is 35.5. The number of nitrogens with zero attached hydrogens (tertiary/aromatic N) is 1. The highest BCUT2D eigenvalue weighted by Crippen LogP contribution is 2.60. The van der Waals surface area contributed by atoms with Gasteiger partial charge in [0.2, 0.25) is 22.7 Å². The minimum atomic E-state index is -3.28. The highest BCUT2D eigenvalue weighted by Gasteiger charge is 2.59. The maximum atomic E-state index is 14.8. The molecule has 0 aromatic heterocycles. The Bertz CT molecular complexity index is 1040. The van der Waals surface area contributed by atoms with Gasteiger partial charge in [-0.2, -0.15) is 0 Å². The van der Waals surface area contributed by atoms with Crippen LogP contribution in [0.5, 0.6) is 0 Å². The zero-order valence-corrected chi connectivity index (χ0v) is 19.2. The first kappa shape index (κ1) is 21.9. The molecule has 6 rings (SSSR count). The number of benzene rings is 1. The van der Waals surface area contributed by atoms with Crippen LogP contribution in [0.2, 0.25) is 5.02 Å². The molecule has 0 aliphatic heterocycles. The number of amides is 2. The number of rotatable bonds is 6. The molecule has 1 aromatic rings. The maximum absolute atomic E-state index is 14.8. The van der Waals surface area contributed by atoms with Crippen molar-refractivity contribution >= 4 is 40.0 Å². The van der Waals surface area contributed by atoms with Gasteiger partial charge in [-0.05, 0) is 81.3 Å². The molecule has 1 aromatic carbocycles. The largest absolute Gasteiger partial charge is 0.369 e. The summed E-state index contributed by atoms with van der Waals surface area (Å²) in [5.74, 6) is -0.764.